The molecule has 0 bridgehead atoms. The SMILES string of the molecule is CC/C=C\C/C=C\C/C=C\C/C=C\C/C=C\C/C=C\C/C=C\C/C=C\C/C=C\C/C=C\CCCCCCCCCCC(=O)OC(COC(=O)CCCCCCCCCCCCCCCC/C=C\C/C=C\C/C=C\C/C=C\CC)COP(=O)([O-])OCC[N+](C)(C)C. The number of phosphoric acid groups is 1. The number of allylic oxidation sites excluding steroid dienone is 28. The van der Waals surface area contributed by atoms with Crippen LogP contribution in [0.1, 0.15) is 271 Å². The second-order valence-electron chi connectivity index (χ2n) is 24.5. The smallest absolute Gasteiger partial charge is 0.306 e. The van der Waals surface area contributed by atoms with Gasteiger partial charge in [0.25, 0.3) is 7.82 Å². The van der Waals surface area contributed by atoms with Gasteiger partial charge < -0.3 is 27.9 Å². The second kappa shape index (κ2) is 68.7. The topological polar surface area (TPSA) is 111 Å². The first-order valence-electron chi connectivity index (χ1n) is 35.8. The van der Waals surface area contributed by atoms with E-state index in [0.29, 0.717) is 17.4 Å². The minimum Gasteiger partial charge on any atom is -0.756 e. The fourth-order valence-electron chi connectivity index (χ4n) is 9.32. The monoisotopic (exact) mass is 1270 g/mol. The Kier molecular flexibility index (Phi) is 65.2. The largest absolute Gasteiger partial charge is 0.756 e. The molecule has 0 heterocycles. The average molecular weight is 1270 g/mol. The molecule has 0 radical (unpaired) electrons. The summed E-state index contributed by atoms with van der Waals surface area (Å²) in [6.45, 7) is 4.00. The van der Waals surface area contributed by atoms with Crippen molar-refractivity contribution in [2.24, 2.45) is 0 Å². The van der Waals surface area contributed by atoms with E-state index in [0.717, 1.165) is 135 Å². The van der Waals surface area contributed by atoms with Crippen LogP contribution in [0.15, 0.2) is 170 Å². The van der Waals surface area contributed by atoms with Gasteiger partial charge in [-0.1, -0.05) is 300 Å². The second-order valence-corrected chi connectivity index (χ2v) is 25.9. The Morgan fingerprint density at radius 2 is 0.600 bits per heavy atom. The Bertz CT molecular complexity index is 2130. The lowest BCUT2D eigenvalue weighted by atomic mass is 10.0. The van der Waals surface area contributed by atoms with Crippen molar-refractivity contribution in [2.75, 3.05) is 47.5 Å². The van der Waals surface area contributed by atoms with Gasteiger partial charge in [-0.25, -0.2) is 0 Å². The number of nitrogens with zero attached hydrogens (tertiary/aromatic N) is 1. The summed E-state index contributed by atoms with van der Waals surface area (Å²) in [5.74, 6) is -0.849. The molecule has 0 aliphatic carbocycles. The predicted molar refractivity (Wildman–Crippen MR) is 387 cm³/mol. The van der Waals surface area contributed by atoms with Crippen molar-refractivity contribution < 1.29 is 42.1 Å². The van der Waals surface area contributed by atoms with Gasteiger partial charge in [0.1, 0.15) is 19.8 Å². The van der Waals surface area contributed by atoms with Crippen LogP contribution < -0.4 is 4.89 Å². The van der Waals surface area contributed by atoms with Crippen LogP contribution in [-0.2, 0) is 32.7 Å². The molecule has 0 N–H and O–H groups in total. The third-order valence-electron chi connectivity index (χ3n) is 14.7. The Balaban J connectivity index is 4.12. The number of ether oxygens (including phenoxy) is 2. The molecule has 0 saturated heterocycles. The van der Waals surface area contributed by atoms with E-state index >= 15 is 0 Å². The molecule has 0 fully saturated rings. The van der Waals surface area contributed by atoms with Crippen LogP contribution >= 0.6 is 7.82 Å². The molecule has 0 spiro atoms. The molecule has 0 aliphatic rings. The lowest BCUT2D eigenvalue weighted by Gasteiger charge is -2.28. The van der Waals surface area contributed by atoms with E-state index in [1.165, 1.54) is 103 Å². The Labute approximate surface area is 553 Å². The molecule has 2 atom stereocenters. The number of likely N-dealkylation sites (N-methyl/N-ethyl adjacent to an activating group) is 1. The third-order valence-corrected chi connectivity index (χ3v) is 15.7. The number of esters is 2. The lowest BCUT2D eigenvalue weighted by Crippen LogP contribution is -2.37. The number of carbonyl (C=O) groups is 2. The minimum atomic E-state index is -4.66. The third kappa shape index (κ3) is 72.4. The van der Waals surface area contributed by atoms with Crippen molar-refractivity contribution in [2.45, 2.75) is 277 Å². The summed E-state index contributed by atoms with van der Waals surface area (Å²) in [5, 5.41) is 0. The molecule has 2 unspecified atom stereocenters. The van der Waals surface area contributed by atoms with Gasteiger partial charge in [0, 0.05) is 12.8 Å². The van der Waals surface area contributed by atoms with Gasteiger partial charge in [0.2, 0.25) is 0 Å². The molecule has 10 heteroatoms. The molecule has 90 heavy (non-hydrogen) atoms. The van der Waals surface area contributed by atoms with Crippen molar-refractivity contribution in [3.63, 3.8) is 0 Å². The van der Waals surface area contributed by atoms with Crippen LogP contribution in [0.25, 0.3) is 0 Å². The van der Waals surface area contributed by atoms with Crippen LogP contribution in [0.5, 0.6) is 0 Å². The van der Waals surface area contributed by atoms with Gasteiger partial charge in [0.05, 0.1) is 27.7 Å². The number of hydrogen-bond donors (Lipinski definition) is 0. The van der Waals surface area contributed by atoms with Crippen LogP contribution in [0.3, 0.4) is 0 Å². The van der Waals surface area contributed by atoms with Crippen molar-refractivity contribution in [3.8, 4) is 0 Å². The van der Waals surface area contributed by atoms with Crippen LogP contribution in [-0.4, -0.2) is 70.0 Å². The average Bonchev–Trinajstić information content (AvgIpc) is 3.58. The molecule has 0 aromatic rings. The van der Waals surface area contributed by atoms with Gasteiger partial charge in [-0.15, -0.1) is 0 Å². The zero-order chi connectivity index (χ0) is 65.5. The van der Waals surface area contributed by atoms with E-state index in [9.17, 15) is 19.0 Å². The van der Waals surface area contributed by atoms with E-state index in [4.69, 9.17) is 18.5 Å². The first kappa shape index (κ1) is 85.4. The summed E-state index contributed by atoms with van der Waals surface area (Å²) < 4.78 is 34.3. The standard InChI is InChI=1S/C80H132NO8P/c1-6-8-10-12-14-16-18-20-22-24-26-28-30-32-34-35-36-37-38-39-40-41-42-43-44-45-47-49-51-53-55-57-59-61-63-65-67-69-71-73-80(83)89-78(77-88-90(84,85)87-75-74-81(3,4)5)76-86-79(82)72-70-68-66-64-62-60-58-56-54-52-50-48-46-33-31-29-27-25-23-21-19-17-15-13-11-9-7-2/h8-11,14-17,20-23,26-29,32,34,36-37,39-40,42-43,45,47,51,53,78H,6-7,12-13,18-19,24-25,30-31,33,35,38,41,44,46,48-50,52,54-77H2,1-5H3/b10-8-,11-9-,16-14-,17-15-,22-20-,23-21-,28-26-,29-27-,34-32-,37-36-,40-39-,43-42-,47-45-,53-51-. The number of rotatable bonds is 64. The summed E-state index contributed by atoms with van der Waals surface area (Å²) in [6.07, 6.45) is 104. The van der Waals surface area contributed by atoms with Crippen molar-refractivity contribution >= 4 is 19.8 Å². The maximum atomic E-state index is 12.9. The highest BCUT2D eigenvalue weighted by atomic mass is 31.2. The van der Waals surface area contributed by atoms with E-state index in [1.54, 1.807) is 0 Å². The molecule has 0 aliphatic heterocycles. The number of unbranched alkanes of at least 4 members (excludes halogenated alkanes) is 22. The van der Waals surface area contributed by atoms with Crippen LogP contribution in [0.4, 0.5) is 0 Å². The van der Waals surface area contributed by atoms with Gasteiger partial charge in [-0.05, 0) is 128 Å². The highest BCUT2D eigenvalue weighted by molar-refractivity contribution is 7.45. The van der Waals surface area contributed by atoms with E-state index in [1.807, 2.05) is 21.1 Å². The molecule has 0 aromatic heterocycles. The van der Waals surface area contributed by atoms with Crippen molar-refractivity contribution in [1.29, 1.82) is 0 Å². The molecule has 0 aromatic carbocycles. The maximum absolute atomic E-state index is 12.9. The summed E-state index contributed by atoms with van der Waals surface area (Å²) in [5.41, 5.74) is 0. The highest BCUT2D eigenvalue weighted by Gasteiger charge is 2.22. The van der Waals surface area contributed by atoms with E-state index in [-0.39, 0.29) is 32.0 Å². The van der Waals surface area contributed by atoms with Crippen molar-refractivity contribution in [3.05, 3.63) is 170 Å². The zero-order valence-corrected chi connectivity index (χ0v) is 58.9. The summed E-state index contributed by atoms with van der Waals surface area (Å²) in [7, 11) is 1.14. The van der Waals surface area contributed by atoms with Crippen LogP contribution in [0, 0.1) is 0 Å². The number of hydrogen-bond acceptors (Lipinski definition) is 8. The lowest BCUT2D eigenvalue weighted by molar-refractivity contribution is -0.870. The molecule has 0 rings (SSSR count). The van der Waals surface area contributed by atoms with Gasteiger partial charge >= 0.3 is 11.9 Å². The first-order chi connectivity index (χ1) is 44.0. The zero-order valence-electron chi connectivity index (χ0n) is 58.0. The summed E-state index contributed by atoms with van der Waals surface area (Å²) >= 11 is 0. The minimum absolute atomic E-state index is 0.0405. The fourth-order valence-corrected chi connectivity index (χ4v) is 10.1. The molecule has 510 valence electrons. The van der Waals surface area contributed by atoms with Gasteiger partial charge in [0.15, 0.2) is 6.10 Å². The summed E-state index contributed by atoms with van der Waals surface area (Å²) in [6, 6.07) is 0. The molecule has 9 nitrogen and oxygen atoms in total. The van der Waals surface area contributed by atoms with Gasteiger partial charge in [-0.3, -0.25) is 14.2 Å². The fraction of sp³-hybridized carbons (Fsp3) is 0.625. The maximum Gasteiger partial charge on any atom is 0.306 e. The molecule has 0 saturated carbocycles. The van der Waals surface area contributed by atoms with Crippen molar-refractivity contribution in [1.82, 2.24) is 0 Å². The highest BCUT2D eigenvalue weighted by Crippen LogP contribution is 2.38. The van der Waals surface area contributed by atoms with E-state index < -0.39 is 26.5 Å². The summed E-state index contributed by atoms with van der Waals surface area (Å²) in [4.78, 5) is 38.1. The number of quaternary nitrogens is 1. The first-order valence-corrected chi connectivity index (χ1v) is 37.3. The Hall–Kier alpha value is -4.63. The van der Waals surface area contributed by atoms with Gasteiger partial charge in [-0.2, -0.15) is 0 Å². The Morgan fingerprint density at radius 1 is 0.344 bits per heavy atom. The Morgan fingerprint density at radius 3 is 0.889 bits per heavy atom. The molecule has 0 amide bonds. The van der Waals surface area contributed by atoms with E-state index in [2.05, 4.69) is 184 Å². The quantitative estimate of drug-likeness (QED) is 0.0195. The predicted octanol–water partition coefficient (Wildman–Crippen LogP) is 23.1. The number of phosphoric ester groups is 1. The van der Waals surface area contributed by atoms with Crippen LogP contribution in [0.2, 0.25) is 0 Å². The normalized spacial score (nSPS) is 14.2. The number of carbonyl (C=O) groups excluding carboxylic acids is 2. The molecular weight excluding hydrogens is 1130 g/mol. The molecular formula is C80H132NO8P.